The quantitative estimate of drug-likeness (QED) is 0.167. The summed E-state index contributed by atoms with van der Waals surface area (Å²) in [4.78, 5) is 4.40. The summed E-state index contributed by atoms with van der Waals surface area (Å²) in [6, 6.07) is 13.0. The lowest BCUT2D eigenvalue weighted by atomic mass is 10.2. The second-order valence-corrected chi connectivity index (χ2v) is 7.48. The minimum Gasteiger partial charge on any atom is -0.493 e. The summed E-state index contributed by atoms with van der Waals surface area (Å²) in [6.45, 7) is 0.437. The smallest absolute Gasteiger partial charge is 0.209 e. The largest absolute Gasteiger partial charge is 0.493 e. The van der Waals surface area contributed by atoms with Crippen LogP contribution in [0, 0.1) is 23.3 Å². The fourth-order valence-corrected chi connectivity index (χ4v) is 3.48. The number of nitriles is 1. The van der Waals surface area contributed by atoms with Crippen LogP contribution in [0.5, 0.6) is 11.5 Å². The van der Waals surface area contributed by atoms with Crippen molar-refractivity contribution in [3.8, 4) is 29.5 Å². The lowest BCUT2D eigenvalue weighted by molar-refractivity contribution is 0.201. The Kier molecular flexibility index (Phi) is 8.46. The predicted octanol–water partition coefficient (Wildman–Crippen LogP) is 4.95. The van der Waals surface area contributed by atoms with Crippen LogP contribution < -0.4 is 20.1 Å². The number of benzene rings is 2. The van der Waals surface area contributed by atoms with Gasteiger partial charge in [-0.05, 0) is 56.0 Å². The molecule has 0 radical (unpaired) electrons. The van der Waals surface area contributed by atoms with Crippen molar-refractivity contribution in [3.63, 3.8) is 0 Å². The number of ether oxygens (including phenoxy) is 2. The summed E-state index contributed by atoms with van der Waals surface area (Å²) in [6.07, 6.45) is 7.16. The zero-order valence-corrected chi connectivity index (χ0v) is 18.2. The number of methoxy groups -OCH3 is 1. The van der Waals surface area contributed by atoms with Crippen molar-refractivity contribution >= 4 is 23.2 Å². The number of rotatable bonds is 6. The Morgan fingerprint density at radius 1 is 1.19 bits per heavy atom. The van der Waals surface area contributed by atoms with Gasteiger partial charge in [-0.2, -0.15) is 5.26 Å². The number of hydrogen-bond donors (Lipinski definition) is 2. The van der Waals surface area contributed by atoms with Crippen LogP contribution in [0.1, 0.15) is 37.7 Å². The number of nitrogens with zero attached hydrogens (tertiary/aromatic N) is 2. The van der Waals surface area contributed by atoms with E-state index in [1.165, 1.54) is 12.8 Å². The van der Waals surface area contributed by atoms with Gasteiger partial charge in [0, 0.05) is 28.8 Å². The first kappa shape index (κ1) is 22.3. The molecule has 2 N–H and O–H groups in total. The van der Waals surface area contributed by atoms with Gasteiger partial charge in [-0.25, -0.2) is 0 Å². The van der Waals surface area contributed by atoms with Gasteiger partial charge in [0.2, 0.25) is 5.96 Å². The van der Waals surface area contributed by atoms with E-state index in [-0.39, 0.29) is 6.10 Å². The molecule has 2 aromatic rings. The molecule has 0 spiro atoms. The van der Waals surface area contributed by atoms with Crippen molar-refractivity contribution in [2.75, 3.05) is 19.0 Å². The first-order valence-corrected chi connectivity index (χ1v) is 10.6. The minimum absolute atomic E-state index is 0.215. The van der Waals surface area contributed by atoms with E-state index < -0.39 is 0 Å². The topological polar surface area (TPSA) is 78.7 Å². The van der Waals surface area contributed by atoms with Crippen LogP contribution in [0.2, 0.25) is 5.02 Å². The van der Waals surface area contributed by atoms with E-state index >= 15 is 0 Å². The Bertz CT molecular complexity index is 1010. The normalized spacial score (nSPS) is 13.6. The first-order chi connectivity index (χ1) is 15.2. The molecule has 0 bridgehead atoms. The molecule has 0 unspecified atom stereocenters. The fourth-order valence-electron chi connectivity index (χ4n) is 3.29. The highest BCUT2D eigenvalue weighted by Gasteiger charge is 2.18. The number of halogens is 1. The predicted molar refractivity (Wildman–Crippen MR) is 123 cm³/mol. The number of aliphatic imine (C=N–C) groups is 1. The van der Waals surface area contributed by atoms with Crippen molar-refractivity contribution in [1.29, 1.82) is 5.26 Å². The summed E-state index contributed by atoms with van der Waals surface area (Å²) in [7, 11) is 1.62. The maximum absolute atomic E-state index is 9.05. The summed E-state index contributed by atoms with van der Waals surface area (Å²) in [5.41, 5.74) is 1.61. The van der Waals surface area contributed by atoms with E-state index in [0.717, 1.165) is 24.1 Å². The molecule has 1 aliphatic rings. The van der Waals surface area contributed by atoms with E-state index in [4.69, 9.17) is 26.3 Å². The zero-order valence-electron chi connectivity index (χ0n) is 17.5. The van der Waals surface area contributed by atoms with Gasteiger partial charge in [0.05, 0.1) is 19.8 Å². The molecule has 0 amide bonds. The van der Waals surface area contributed by atoms with Gasteiger partial charge >= 0.3 is 0 Å². The molecule has 0 aromatic heterocycles. The highest BCUT2D eigenvalue weighted by atomic mass is 35.5. The second kappa shape index (κ2) is 11.7. The van der Waals surface area contributed by atoms with Gasteiger partial charge < -0.3 is 14.8 Å². The summed E-state index contributed by atoms with van der Waals surface area (Å²) in [5, 5.41) is 15.4. The van der Waals surface area contributed by atoms with E-state index in [0.29, 0.717) is 35.4 Å². The summed E-state index contributed by atoms with van der Waals surface area (Å²) in [5.74, 6) is 7.83. The van der Waals surface area contributed by atoms with Crippen LogP contribution in [0.3, 0.4) is 0 Å². The molecule has 0 atom stereocenters. The zero-order chi connectivity index (χ0) is 21.9. The summed E-state index contributed by atoms with van der Waals surface area (Å²) >= 11 is 5.96. The molecule has 6 nitrogen and oxygen atoms in total. The van der Waals surface area contributed by atoms with Crippen LogP contribution in [0.4, 0.5) is 5.69 Å². The van der Waals surface area contributed by atoms with E-state index in [2.05, 4.69) is 27.5 Å². The van der Waals surface area contributed by atoms with Crippen LogP contribution in [-0.2, 0) is 0 Å². The van der Waals surface area contributed by atoms with E-state index in [9.17, 15) is 0 Å². The molecular formula is C24H25ClN4O2. The number of nitrogens with one attached hydrogen (secondary N) is 2. The average Bonchev–Trinajstić information content (AvgIpc) is 3.27. The van der Waals surface area contributed by atoms with Crippen molar-refractivity contribution in [2.24, 2.45) is 4.99 Å². The van der Waals surface area contributed by atoms with Gasteiger partial charge in [0.1, 0.15) is 0 Å². The van der Waals surface area contributed by atoms with Crippen LogP contribution in [0.25, 0.3) is 0 Å². The molecule has 0 saturated heterocycles. The maximum atomic E-state index is 9.05. The van der Waals surface area contributed by atoms with Crippen molar-refractivity contribution in [3.05, 3.63) is 53.1 Å². The van der Waals surface area contributed by atoms with Gasteiger partial charge in [-0.3, -0.25) is 10.3 Å². The van der Waals surface area contributed by atoms with Gasteiger partial charge in [-0.1, -0.05) is 29.5 Å². The van der Waals surface area contributed by atoms with Gasteiger partial charge in [-0.15, -0.1) is 0 Å². The molecule has 1 aliphatic carbocycles. The van der Waals surface area contributed by atoms with E-state index in [1.807, 2.05) is 48.7 Å². The Morgan fingerprint density at radius 2 is 2.03 bits per heavy atom. The number of hydrogen-bond acceptors (Lipinski definition) is 4. The molecule has 2 aromatic carbocycles. The number of anilines is 1. The fraction of sp³-hybridized carbons (Fsp3) is 0.333. The molecule has 3 rings (SSSR count). The standard InChI is InChI=1S/C24H25ClN4O2/c1-30-22-13-12-20(16-23(22)31-21-10-2-3-11-21)29-24(28-17-26)27-14-5-4-7-18-8-6-9-19(25)15-18/h6,8-9,12-13,15-16,21H,2-3,5,10-11,14H2,1H3,(H2,27,28,29). The van der Waals surface area contributed by atoms with Crippen LogP contribution in [-0.4, -0.2) is 25.7 Å². The lowest BCUT2D eigenvalue weighted by Crippen LogP contribution is -2.27. The third kappa shape index (κ3) is 7.13. The summed E-state index contributed by atoms with van der Waals surface area (Å²) < 4.78 is 11.5. The molecule has 31 heavy (non-hydrogen) atoms. The van der Waals surface area contributed by atoms with Crippen molar-refractivity contribution < 1.29 is 9.47 Å². The molecule has 160 valence electrons. The van der Waals surface area contributed by atoms with Crippen LogP contribution in [0.15, 0.2) is 47.5 Å². The Labute approximate surface area is 188 Å². The lowest BCUT2D eigenvalue weighted by Gasteiger charge is -2.17. The van der Waals surface area contributed by atoms with Crippen LogP contribution >= 0.6 is 11.6 Å². The van der Waals surface area contributed by atoms with Gasteiger partial charge in [0.15, 0.2) is 17.7 Å². The van der Waals surface area contributed by atoms with Crippen molar-refractivity contribution in [1.82, 2.24) is 5.32 Å². The third-order valence-corrected chi connectivity index (χ3v) is 5.00. The third-order valence-electron chi connectivity index (χ3n) is 4.76. The maximum Gasteiger partial charge on any atom is 0.209 e. The second-order valence-electron chi connectivity index (χ2n) is 7.04. The first-order valence-electron chi connectivity index (χ1n) is 10.2. The number of guanidine groups is 1. The highest BCUT2D eigenvalue weighted by Crippen LogP contribution is 2.33. The van der Waals surface area contributed by atoms with Gasteiger partial charge in [0.25, 0.3) is 0 Å². The molecular weight excluding hydrogens is 412 g/mol. The van der Waals surface area contributed by atoms with E-state index in [1.54, 1.807) is 7.11 Å². The Balaban J connectivity index is 1.63. The minimum atomic E-state index is 0.215. The molecule has 1 fully saturated rings. The Morgan fingerprint density at radius 3 is 2.77 bits per heavy atom. The monoisotopic (exact) mass is 436 g/mol. The SMILES string of the molecule is COc1ccc(NC(=NCCC#Cc2cccc(Cl)c2)NC#N)cc1OC1CCCC1. The molecule has 7 heteroatoms. The Hall–Kier alpha value is -3.35. The molecule has 1 saturated carbocycles. The van der Waals surface area contributed by atoms with Crippen molar-refractivity contribution in [2.45, 2.75) is 38.2 Å². The highest BCUT2D eigenvalue weighted by molar-refractivity contribution is 6.30. The molecule has 0 aliphatic heterocycles. The average molecular weight is 437 g/mol. The molecule has 0 heterocycles.